The number of piperidine rings is 1. The van der Waals surface area contributed by atoms with Crippen LogP contribution in [-0.4, -0.2) is 35.8 Å². The lowest BCUT2D eigenvalue weighted by Gasteiger charge is -2.32. The number of nitrogens with one attached hydrogen (secondary N) is 1. The second kappa shape index (κ2) is 7.97. The molecule has 0 aromatic heterocycles. The largest absolute Gasteiger partial charge is 0.353 e. The van der Waals surface area contributed by atoms with Gasteiger partial charge in [0.25, 0.3) is 0 Å². The van der Waals surface area contributed by atoms with E-state index in [1.165, 1.54) is 11.1 Å². The topological polar surface area (TPSA) is 49.4 Å². The first-order valence-corrected chi connectivity index (χ1v) is 8.21. The Labute approximate surface area is 132 Å². The summed E-state index contributed by atoms with van der Waals surface area (Å²) in [6.45, 7) is 5.43. The monoisotopic (exact) mass is 302 g/mol. The normalized spacial score (nSPS) is 15.6. The molecule has 120 valence electrons. The fraction of sp³-hybridized carbons (Fsp3) is 0.556. The molecule has 1 aromatic rings. The standard InChI is InChI=1S/C18H26N2O2/c1-3-17(21)19-16-9-11-20(12-10-16)18(22)8-7-15-6-4-5-14(2)13-15/h4-6,13,16H,3,7-12H2,1-2H3,(H,19,21). The molecule has 2 rings (SSSR count). The Morgan fingerprint density at radius 3 is 2.64 bits per heavy atom. The van der Waals surface area contributed by atoms with Crippen LogP contribution in [-0.2, 0) is 16.0 Å². The van der Waals surface area contributed by atoms with Crippen LogP contribution in [0, 0.1) is 6.92 Å². The number of benzene rings is 1. The molecule has 0 aliphatic carbocycles. The SMILES string of the molecule is CCC(=O)NC1CCN(C(=O)CCc2cccc(C)c2)CC1. The highest BCUT2D eigenvalue weighted by Crippen LogP contribution is 2.13. The first kappa shape index (κ1) is 16.5. The van der Waals surface area contributed by atoms with Crippen molar-refractivity contribution >= 4 is 11.8 Å². The van der Waals surface area contributed by atoms with Crippen LogP contribution in [0.2, 0.25) is 0 Å². The van der Waals surface area contributed by atoms with Gasteiger partial charge in [-0.3, -0.25) is 9.59 Å². The minimum Gasteiger partial charge on any atom is -0.353 e. The van der Waals surface area contributed by atoms with Gasteiger partial charge in [0.2, 0.25) is 11.8 Å². The summed E-state index contributed by atoms with van der Waals surface area (Å²) in [6.07, 6.45) is 3.61. The van der Waals surface area contributed by atoms with Crippen LogP contribution in [0.3, 0.4) is 0 Å². The summed E-state index contributed by atoms with van der Waals surface area (Å²) < 4.78 is 0. The molecule has 1 aliphatic rings. The van der Waals surface area contributed by atoms with Crippen molar-refractivity contribution in [2.24, 2.45) is 0 Å². The maximum Gasteiger partial charge on any atom is 0.222 e. The van der Waals surface area contributed by atoms with E-state index < -0.39 is 0 Å². The lowest BCUT2D eigenvalue weighted by Crippen LogP contribution is -2.46. The third-order valence-electron chi connectivity index (χ3n) is 4.24. The summed E-state index contributed by atoms with van der Waals surface area (Å²) in [5.41, 5.74) is 2.45. The first-order chi connectivity index (χ1) is 10.6. The molecule has 0 spiro atoms. The Kier molecular flexibility index (Phi) is 5.99. The molecule has 1 aromatic carbocycles. The Balaban J connectivity index is 1.74. The highest BCUT2D eigenvalue weighted by atomic mass is 16.2. The minimum absolute atomic E-state index is 0.101. The molecule has 0 radical (unpaired) electrons. The van der Waals surface area contributed by atoms with E-state index >= 15 is 0 Å². The van der Waals surface area contributed by atoms with Crippen molar-refractivity contribution in [3.8, 4) is 0 Å². The van der Waals surface area contributed by atoms with Gasteiger partial charge in [-0.2, -0.15) is 0 Å². The molecule has 0 bridgehead atoms. The number of carbonyl (C=O) groups excluding carboxylic acids is 2. The molecule has 1 aliphatic heterocycles. The van der Waals surface area contributed by atoms with E-state index in [1.54, 1.807) is 0 Å². The summed E-state index contributed by atoms with van der Waals surface area (Å²) in [7, 11) is 0. The lowest BCUT2D eigenvalue weighted by molar-refractivity contribution is -0.132. The highest BCUT2D eigenvalue weighted by molar-refractivity contribution is 5.77. The summed E-state index contributed by atoms with van der Waals surface area (Å²) in [5.74, 6) is 0.325. The van der Waals surface area contributed by atoms with Crippen LogP contribution >= 0.6 is 0 Å². The predicted molar refractivity (Wildman–Crippen MR) is 87.5 cm³/mol. The van der Waals surface area contributed by atoms with Gasteiger partial charge in [-0.05, 0) is 31.7 Å². The van der Waals surface area contributed by atoms with Crippen LogP contribution in [0.25, 0.3) is 0 Å². The smallest absolute Gasteiger partial charge is 0.222 e. The summed E-state index contributed by atoms with van der Waals surface area (Å²) >= 11 is 0. The van der Waals surface area contributed by atoms with Crippen LogP contribution in [0.5, 0.6) is 0 Å². The first-order valence-electron chi connectivity index (χ1n) is 8.21. The second-order valence-electron chi connectivity index (χ2n) is 6.07. The fourth-order valence-electron chi connectivity index (χ4n) is 2.88. The Morgan fingerprint density at radius 2 is 2.00 bits per heavy atom. The third-order valence-corrected chi connectivity index (χ3v) is 4.24. The minimum atomic E-state index is 0.101. The van der Waals surface area contributed by atoms with Crippen molar-refractivity contribution in [1.82, 2.24) is 10.2 Å². The molecule has 0 unspecified atom stereocenters. The average Bonchev–Trinajstić information content (AvgIpc) is 2.53. The highest BCUT2D eigenvalue weighted by Gasteiger charge is 2.23. The molecular formula is C18H26N2O2. The zero-order chi connectivity index (χ0) is 15.9. The van der Waals surface area contributed by atoms with Gasteiger partial charge in [-0.1, -0.05) is 36.8 Å². The number of carbonyl (C=O) groups is 2. The van der Waals surface area contributed by atoms with Crippen molar-refractivity contribution in [3.63, 3.8) is 0 Å². The van der Waals surface area contributed by atoms with Crippen molar-refractivity contribution in [2.45, 2.75) is 52.0 Å². The van der Waals surface area contributed by atoms with Gasteiger partial charge >= 0.3 is 0 Å². The summed E-state index contributed by atoms with van der Waals surface area (Å²) in [6, 6.07) is 8.55. The Morgan fingerprint density at radius 1 is 1.27 bits per heavy atom. The molecule has 4 heteroatoms. The molecular weight excluding hydrogens is 276 g/mol. The Bertz CT molecular complexity index is 520. The molecule has 2 amide bonds. The van der Waals surface area contributed by atoms with Gasteiger partial charge < -0.3 is 10.2 Å². The zero-order valence-corrected chi connectivity index (χ0v) is 13.6. The number of aryl methyl sites for hydroxylation is 2. The number of hydrogen-bond donors (Lipinski definition) is 1. The second-order valence-corrected chi connectivity index (χ2v) is 6.07. The molecule has 1 N–H and O–H groups in total. The van der Waals surface area contributed by atoms with E-state index in [-0.39, 0.29) is 17.9 Å². The van der Waals surface area contributed by atoms with Gasteiger partial charge in [0.15, 0.2) is 0 Å². The predicted octanol–water partition coefficient (Wildman–Crippen LogP) is 2.44. The van der Waals surface area contributed by atoms with Gasteiger partial charge in [0, 0.05) is 32.0 Å². The molecule has 1 saturated heterocycles. The average molecular weight is 302 g/mol. The molecule has 0 atom stereocenters. The van der Waals surface area contributed by atoms with Crippen LogP contribution in [0.1, 0.15) is 43.7 Å². The number of likely N-dealkylation sites (tertiary alicyclic amines) is 1. The van der Waals surface area contributed by atoms with Gasteiger partial charge in [-0.15, -0.1) is 0 Å². The van der Waals surface area contributed by atoms with Gasteiger partial charge in [-0.25, -0.2) is 0 Å². The summed E-state index contributed by atoms with van der Waals surface area (Å²) in [5, 5.41) is 3.02. The van der Waals surface area contributed by atoms with Crippen LogP contribution in [0.4, 0.5) is 0 Å². The van der Waals surface area contributed by atoms with E-state index in [9.17, 15) is 9.59 Å². The lowest BCUT2D eigenvalue weighted by atomic mass is 10.0. The third kappa shape index (κ3) is 4.86. The zero-order valence-electron chi connectivity index (χ0n) is 13.6. The van der Waals surface area contributed by atoms with E-state index in [2.05, 4.69) is 30.4 Å². The molecule has 0 saturated carbocycles. The van der Waals surface area contributed by atoms with Crippen LogP contribution in [0.15, 0.2) is 24.3 Å². The van der Waals surface area contributed by atoms with Crippen molar-refractivity contribution in [1.29, 1.82) is 0 Å². The van der Waals surface area contributed by atoms with Gasteiger partial charge in [0.1, 0.15) is 0 Å². The fourth-order valence-corrected chi connectivity index (χ4v) is 2.88. The molecule has 1 fully saturated rings. The number of rotatable bonds is 5. The van der Waals surface area contributed by atoms with E-state index in [1.807, 2.05) is 17.9 Å². The Hall–Kier alpha value is -1.84. The number of amides is 2. The molecule has 4 nitrogen and oxygen atoms in total. The van der Waals surface area contributed by atoms with E-state index in [0.717, 1.165) is 32.4 Å². The molecule has 22 heavy (non-hydrogen) atoms. The van der Waals surface area contributed by atoms with E-state index in [4.69, 9.17) is 0 Å². The molecule has 1 heterocycles. The van der Waals surface area contributed by atoms with Crippen molar-refractivity contribution in [2.75, 3.05) is 13.1 Å². The van der Waals surface area contributed by atoms with Crippen molar-refractivity contribution in [3.05, 3.63) is 35.4 Å². The number of nitrogens with zero attached hydrogens (tertiary/aromatic N) is 1. The quantitative estimate of drug-likeness (QED) is 0.908. The van der Waals surface area contributed by atoms with Crippen LogP contribution < -0.4 is 5.32 Å². The van der Waals surface area contributed by atoms with Gasteiger partial charge in [0.05, 0.1) is 0 Å². The maximum absolute atomic E-state index is 12.3. The number of hydrogen-bond acceptors (Lipinski definition) is 2. The maximum atomic E-state index is 12.3. The van der Waals surface area contributed by atoms with E-state index in [0.29, 0.717) is 12.8 Å². The van der Waals surface area contributed by atoms with Crippen molar-refractivity contribution < 1.29 is 9.59 Å². The summed E-state index contributed by atoms with van der Waals surface area (Å²) in [4.78, 5) is 25.6.